The fourth-order valence-corrected chi connectivity index (χ4v) is 8.49. The molecule has 2 aliphatic carbocycles. The standard InChI is InChI=1S/C14H26S3/c1-2-6-10-13(9-5-1)15-17-16-14-11-7-3-4-8-12-14/h13-14H,1-12H2. The van der Waals surface area contributed by atoms with Crippen molar-refractivity contribution in [3.05, 3.63) is 0 Å². The summed E-state index contributed by atoms with van der Waals surface area (Å²) in [5.41, 5.74) is 0. The Labute approximate surface area is 119 Å². The summed E-state index contributed by atoms with van der Waals surface area (Å²) in [4.78, 5) is 0. The molecule has 0 aromatic carbocycles. The quantitative estimate of drug-likeness (QED) is 0.430. The van der Waals surface area contributed by atoms with Crippen molar-refractivity contribution in [2.45, 2.75) is 87.5 Å². The van der Waals surface area contributed by atoms with Crippen LogP contribution in [0.15, 0.2) is 0 Å². The Morgan fingerprint density at radius 3 is 1.18 bits per heavy atom. The first kappa shape index (κ1) is 14.5. The molecule has 3 heteroatoms. The summed E-state index contributed by atoms with van der Waals surface area (Å²) in [5, 5.41) is 1.92. The molecule has 17 heavy (non-hydrogen) atoms. The normalized spacial score (nSPS) is 25.4. The van der Waals surface area contributed by atoms with Gasteiger partial charge in [0.15, 0.2) is 0 Å². The molecule has 2 fully saturated rings. The summed E-state index contributed by atoms with van der Waals surface area (Å²) in [6.45, 7) is 0. The van der Waals surface area contributed by atoms with Gasteiger partial charge in [-0.1, -0.05) is 73.0 Å². The summed E-state index contributed by atoms with van der Waals surface area (Å²) in [6, 6.07) is 0. The van der Waals surface area contributed by atoms with Crippen molar-refractivity contribution in [1.82, 2.24) is 0 Å². The molecule has 0 amide bonds. The van der Waals surface area contributed by atoms with Crippen LogP contribution in [0.25, 0.3) is 0 Å². The molecule has 0 radical (unpaired) electrons. The molecule has 0 saturated heterocycles. The Morgan fingerprint density at radius 1 is 0.471 bits per heavy atom. The van der Waals surface area contributed by atoms with Crippen LogP contribution in [0.1, 0.15) is 77.0 Å². The van der Waals surface area contributed by atoms with Gasteiger partial charge >= 0.3 is 0 Å². The van der Waals surface area contributed by atoms with E-state index in [-0.39, 0.29) is 0 Å². The predicted octanol–water partition coefficient (Wildman–Crippen LogP) is 6.46. The molecule has 0 N–H and O–H groups in total. The lowest BCUT2D eigenvalue weighted by Crippen LogP contribution is -1.99. The van der Waals surface area contributed by atoms with Gasteiger partial charge in [0.1, 0.15) is 0 Å². The van der Waals surface area contributed by atoms with Gasteiger partial charge in [-0.3, -0.25) is 0 Å². The maximum atomic E-state index is 2.19. The number of rotatable bonds is 4. The second-order valence-corrected chi connectivity index (χ2v) is 10.1. The zero-order chi connectivity index (χ0) is 11.8. The van der Waals surface area contributed by atoms with Gasteiger partial charge in [-0.15, -0.1) is 0 Å². The fraction of sp³-hybridized carbons (Fsp3) is 1.00. The van der Waals surface area contributed by atoms with E-state index in [2.05, 4.69) is 31.4 Å². The van der Waals surface area contributed by atoms with E-state index in [1.807, 2.05) is 0 Å². The lowest BCUT2D eigenvalue weighted by atomic mass is 10.2. The Bertz CT molecular complexity index is 160. The summed E-state index contributed by atoms with van der Waals surface area (Å²) >= 11 is 0. The molecule has 0 atom stereocenters. The van der Waals surface area contributed by atoms with Crippen molar-refractivity contribution in [3.8, 4) is 0 Å². The summed E-state index contributed by atoms with van der Waals surface area (Å²) in [5.74, 6) is 0. The van der Waals surface area contributed by atoms with Gasteiger partial charge in [-0.2, -0.15) is 0 Å². The first-order chi connectivity index (χ1) is 8.45. The summed E-state index contributed by atoms with van der Waals surface area (Å²) < 4.78 is 0. The molecule has 0 spiro atoms. The van der Waals surface area contributed by atoms with E-state index >= 15 is 0 Å². The molecule has 0 aromatic heterocycles. The van der Waals surface area contributed by atoms with Crippen molar-refractivity contribution >= 4 is 31.4 Å². The van der Waals surface area contributed by atoms with Crippen LogP contribution in [0.3, 0.4) is 0 Å². The highest BCUT2D eigenvalue weighted by molar-refractivity contribution is 9.09. The minimum Gasteiger partial charge on any atom is -0.0791 e. The van der Waals surface area contributed by atoms with Crippen LogP contribution < -0.4 is 0 Å². The monoisotopic (exact) mass is 290 g/mol. The predicted molar refractivity (Wildman–Crippen MR) is 85.8 cm³/mol. The Balaban J connectivity index is 1.57. The first-order valence-electron chi connectivity index (χ1n) is 7.44. The Hall–Kier alpha value is 1.05. The third-order valence-corrected chi connectivity index (χ3v) is 9.12. The van der Waals surface area contributed by atoms with Gasteiger partial charge in [-0.05, 0) is 35.5 Å². The molecule has 0 aromatic rings. The summed E-state index contributed by atoms with van der Waals surface area (Å²) in [7, 11) is 6.50. The molecule has 0 heterocycles. The van der Waals surface area contributed by atoms with Crippen molar-refractivity contribution in [2.24, 2.45) is 0 Å². The van der Waals surface area contributed by atoms with Crippen LogP contribution in [0.2, 0.25) is 0 Å². The van der Waals surface area contributed by atoms with Gasteiger partial charge in [0.2, 0.25) is 0 Å². The van der Waals surface area contributed by atoms with Gasteiger partial charge in [0.05, 0.1) is 0 Å². The highest BCUT2D eigenvalue weighted by atomic mass is 33.5. The van der Waals surface area contributed by atoms with Gasteiger partial charge in [0, 0.05) is 10.5 Å². The highest BCUT2D eigenvalue weighted by Crippen LogP contribution is 2.46. The van der Waals surface area contributed by atoms with E-state index < -0.39 is 0 Å². The first-order valence-corrected chi connectivity index (χ1v) is 11.0. The zero-order valence-electron chi connectivity index (χ0n) is 10.9. The van der Waals surface area contributed by atoms with Crippen LogP contribution in [-0.2, 0) is 0 Å². The molecule has 0 aliphatic heterocycles. The highest BCUT2D eigenvalue weighted by Gasteiger charge is 2.16. The van der Waals surface area contributed by atoms with Crippen LogP contribution in [-0.4, -0.2) is 10.5 Å². The van der Waals surface area contributed by atoms with E-state index in [4.69, 9.17) is 0 Å². The lowest BCUT2D eigenvalue weighted by molar-refractivity contribution is 0.702. The van der Waals surface area contributed by atoms with E-state index in [0.29, 0.717) is 0 Å². The van der Waals surface area contributed by atoms with Crippen LogP contribution >= 0.6 is 31.4 Å². The molecule has 2 saturated carbocycles. The Kier molecular flexibility index (Phi) is 7.68. The van der Waals surface area contributed by atoms with E-state index in [1.54, 1.807) is 0 Å². The van der Waals surface area contributed by atoms with Crippen molar-refractivity contribution in [3.63, 3.8) is 0 Å². The lowest BCUT2D eigenvalue weighted by Gasteiger charge is -2.15. The van der Waals surface area contributed by atoms with Gasteiger partial charge < -0.3 is 0 Å². The average molecular weight is 291 g/mol. The second kappa shape index (κ2) is 9.03. The maximum absolute atomic E-state index is 2.19. The molecule has 100 valence electrons. The SMILES string of the molecule is C1CCCC(SSSC2CCCCCC2)CC1. The molecule has 0 unspecified atom stereocenters. The molecule has 2 aliphatic rings. The van der Waals surface area contributed by atoms with E-state index in [9.17, 15) is 0 Å². The smallest absolute Gasteiger partial charge is 0.0159 e. The molecular formula is C14H26S3. The van der Waals surface area contributed by atoms with Crippen molar-refractivity contribution in [1.29, 1.82) is 0 Å². The molecule has 2 rings (SSSR count). The zero-order valence-corrected chi connectivity index (χ0v) is 13.3. The molecule has 0 nitrogen and oxygen atoms in total. The topological polar surface area (TPSA) is 0 Å². The van der Waals surface area contributed by atoms with E-state index in [0.717, 1.165) is 10.5 Å². The fourth-order valence-electron chi connectivity index (χ4n) is 2.81. The molecular weight excluding hydrogens is 264 g/mol. The minimum atomic E-state index is 0.959. The van der Waals surface area contributed by atoms with Crippen molar-refractivity contribution in [2.75, 3.05) is 0 Å². The van der Waals surface area contributed by atoms with Crippen LogP contribution in [0.5, 0.6) is 0 Å². The third kappa shape index (κ3) is 6.15. The maximum Gasteiger partial charge on any atom is 0.0159 e. The molecule has 0 bridgehead atoms. The largest absolute Gasteiger partial charge is 0.0791 e. The minimum absolute atomic E-state index is 0.959. The van der Waals surface area contributed by atoms with Crippen LogP contribution in [0.4, 0.5) is 0 Å². The van der Waals surface area contributed by atoms with Gasteiger partial charge in [-0.25, -0.2) is 0 Å². The van der Waals surface area contributed by atoms with E-state index in [1.165, 1.54) is 77.0 Å². The second-order valence-electron chi connectivity index (χ2n) is 5.49. The number of hydrogen-bond donors (Lipinski definition) is 0. The van der Waals surface area contributed by atoms with Crippen LogP contribution in [0, 0.1) is 0 Å². The third-order valence-electron chi connectivity index (χ3n) is 3.96. The van der Waals surface area contributed by atoms with Gasteiger partial charge in [0.25, 0.3) is 0 Å². The number of hydrogen-bond acceptors (Lipinski definition) is 3. The Morgan fingerprint density at radius 2 is 0.824 bits per heavy atom. The average Bonchev–Trinajstić information content (AvgIpc) is 2.73. The summed E-state index contributed by atoms with van der Waals surface area (Å²) in [6.07, 6.45) is 17.7. The van der Waals surface area contributed by atoms with Crippen molar-refractivity contribution < 1.29 is 0 Å².